The van der Waals surface area contributed by atoms with Gasteiger partial charge in [0.05, 0.1) is 25.7 Å². The second-order valence-electron chi connectivity index (χ2n) is 52.5. The van der Waals surface area contributed by atoms with Gasteiger partial charge in [0.1, 0.15) is 47.5 Å². The molecule has 1 saturated carbocycles. The van der Waals surface area contributed by atoms with Crippen LogP contribution in [0.5, 0.6) is 5.75 Å². The van der Waals surface area contributed by atoms with Gasteiger partial charge in [-0.1, -0.05) is 127 Å². The van der Waals surface area contributed by atoms with Gasteiger partial charge in [-0.15, -0.1) is 0 Å². The van der Waals surface area contributed by atoms with Crippen molar-refractivity contribution in [3.8, 4) is 5.75 Å². The number of aliphatic hydroxyl groups is 1. The minimum Gasteiger partial charge on any atom is -0.497 e. The summed E-state index contributed by atoms with van der Waals surface area (Å²) >= 11 is 0. The number of methoxy groups -OCH3 is 2. The number of amides is 1. The lowest BCUT2D eigenvalue weighted by Crippen LogP contribution is -2.68. The number of ketones is 1. The number of ether oxygens (including phenoxy) is 6. The molecule has 10 rings (SSSR count). The van der Waals surface area contributed by atoms with Crippen molar-refractivity contribution in [3.05, 3.63) is 41.2 Å². The van der Waals surface area contributed by atoms with Crippen LogP contribution in [0.25, 0.3) is 6.08 Å². The number of piperidine rings is 6. The van der Waals surface area contributed by atoms with E-state index >= 15 is 0 Å². The maximum absolute atomic E-state index is 13.9. The normalized spacial score (nSPS) is 23.4. The highest BCUT2D eigenvalue weighted by Gasteiger charge is 2.66. The average molecular weight is 1990 g/mol. The summed E-state index contributed by atoms with van der Waals surface area (Å²) in [5.41, 5.74) is -1.14. The molecule has 8 fully saturated rings. The number of anilines is 2. The molecule has 2 aromatic rings. The summed E-state index contributed by atoms with van der Waals surface area (Å²) in [5, 5.41) is 21.8. The summed E-state index contributed by atoms with van der Waals surface area (Å²) in [6, 6.07) is 8.22. The van der Waals surface area contributed by atoms with Gasteiger partial charge in [0.25, 0.3) is 5.91 Å². The molecule has 25 nitrogen and oxygen atoms in total. The highest BCUT2D eigenvalue weighted by atomic mass is 16.6. The Morgan fingerprint density at radius 3 is 1.38 bits per heavy atom. The van der Waals surface area contributed by atoms with Crippen molar-refractivity contribution >= 4 is 47.6 Å². The fourth-order valence-corrected chi connectivity index (χ4v) is 25.9. The van der Waals surface area contributed by atoms with E-state index in [2.05, 4.69) is 267 Å². The zero-order valence-corrected chi connectivity index (χ0v) is 94.2. The number of esters is 3. The van der Waals surface area contributed by atoms with E-state index in [1.807, 2.05) is 37.9 Å². The number of hydrogen-bond donors (Lipinski definition) is 4. The van der Waals surface area contributed by atoms with E-state index in [4.69, 9.17) is 43.4 Å². The van der Waals surface area contributed by atoms with Crippen LogP contribution in [0.15, 0.2) is 29.8 Å². The quantitative estimate of drug-likeness (QED) is 0.0147. The predicted molar refractivity (Wildman–Crippen MR) is 588 cm³/mol. The summed E-state index contributed by atoms with van der Waals surface area (Å²) in [7, 11) is 11.9. The maximum atomic E-state index is 13.9. The number of rotatable bonds is 29. The Kier molecular flexibility index (Phi) is 47.5. The van der Waals surface area contributed by atoms with E-state index in [9.17, 15) is 29.1 Å². The van der Waals surface area contributed by atoms with Gasteiger partial charge in [-0.2, -0.15) is 15.0 Å². The molecular weight excluding hydrogens is 1770 g/mol. The molecule has 818 valence electrons. The summed E-state index contributed by atoms with van der Waals surface area (Å²) in [5.74, 6) is 1.61. The van der Waals surface area contributed by atoms with E-state index in [0.717, 1.165) is 88.9 Å². The lowest BCUT2D eigenvalue weighted by atomic mass is 9.70. The summed E-state index contributed by atoms with van der Waals surface area (Å²) in [6.07, 6.45) is 31.8. The van der Waals surface area contributed by atoms with Gasteiger partial charge in [-0.25, -0.2) is 9.59 Å². The molecule has 141 heavy (non-hydrogen) atoms. The van der Waals surface area contributed by atoms with Crippen molar-refractivity contribution in [1.29, 1.82) is 0 Å². The highest BCUT2D eigenvalue weighted by Crippen LogP contribution is 2.54. The molecule has 8 heterocycles. The van der Waals surface area contributed by atoms with Gasteiger partial charge in [-0.3, -0.25) is 29.2 Å². The lowest BCUT2D eigenvalue weighted by Gasteiger charge is -2.58. The number of hydrogen-bond acceptors (Lipinski definition) is 24. The van der Waals surface area contributed by atoms with Crippen molar-refractivity contribution in [3.63, 3.8) is 0 Å². The summed E-state index contributed by atoms with van der Waals surface area (Å²) < 4.78 is 35.2. The minimum absolute atomic E-state index is 0. The number of aryl methyl sites for hydroxylation is 1. The Bertz CT molecular complexity index is 4060. The number of Topliss-reactive ketones (excluding diaryl/α,β-unsaturated/α-hetero) is 1. The molecule has 1 aromatic carbocycles. The van der Waals surface area contributed by atoms with Crippen LogP contribution in [0.2, 0.25) is 0 Å². The lowest BCUT2D eigenvalue weighted by molar-refractivity contribution is -0.201. The third-order valence-corrected chi connectivity index (χ3v) is 31.5. The first-order chi connectivity index (χ1) is 62.8. The molecule has 25 heteroatoms. The predicted octanol–water partition coefficient (Wildman–Crippen LogP) is 23.9. The van der Waals surface area contributed by atoms with Gasteiger partial charge >= 0.3 is 17.9 Å². The zero-order chi connectivity index (χ0) is 103. The van der Waals surface area contributed by atoms with E-state index in [1.54, 1.807) is 32.4 Å². The van der Waals surface area contributed by atoms with Gasteiger partial charge < -0.3 is 69.0 Å². The molecule has 1 aliphatic carbocycles. The van der Waals surface area contributed by atoms with Crippen LogP contribution in [0, 0.1) is 12.3 Å². The van der Waals surface area contributed by atoms with Crippen LogP contribution in [-0.4, -0.2) is 274 Å². The number of carbonyl (C=O) groups excluding carboxylic acids is 5. The van der Waals surface area contributed by atoms with Crippen molar-refractivity contribution in [1.82, 2.24) is 55.0 Å². The number of unbranched alkanes of at least 4 members (excludes halogenated alkanes) is 3. The minimum atomic E-state index is -0.757. The first-order valence-electron chi connectivity index (χ1n) is 53.0. The molecule has 1 aromatic heterocycles. The fraction of sp³-hybridized carbons (Fsp3) is 0.862. The SMILES string of the molecule is C.C.C.C.CCC(O)CN1C(C)(C)CC2(CC1(C)C)OC1(CCCCCCCCCCC1)N(C)C2=O.COC1CC(C)(C)N(CCOC(=O)CCC(C)=O)C(C)(C)C1.COc1ccc(C=C(C(=O)OC2CC(C)(C)N(C)C(C)(C)C2)C(=O)OC2CC(C)(C)N(C)C(C)(C)C2)cc1.Cc1nc(NC(C)(C)CC(C)(C)C)nc(N(CCCCCCN(C)C2CC(C)(C)NC(C)(C)C2)C2CC(C)(C)NC(C)(C)C2)n1. The average Bonchev–Trinajstić information content (AvgIpc) is 1.68. The summed E-state index contributed by atoms with van der Waals surface area (Å²) in [6.45, 7) is 74.4. The molecule has 2 spiro atoms. The van der Waals surface area contributed by atoms with Gasteiger partial charge in [0.2, 0.25) is 11.9 Å². The van der Waals surface area contributed by atoms with Crippen LogP contribution in [-0.2, 0) is 47.7 Å². The number of nitrogens with zero attached hydrogens (tertiary/aromatic N) is 10. The molecule has 1 unspecified atom stereocenters. The second kappa shape index (κ2) is 51.6. The van der Waals surface area contributed by atoms with Crippen molar-refractivity contribution < 1.29 is 57.5 Å². The molecule has 0 bridgehead atoms. The molecule has 4 N–H and O–H groups in total. The van der Waals surface area contributed by atoms with Crippen molar-refractivity contribution in [2.24, 2.45) is 5.41 Å². The van der Waals surface area contributed by atoms with E-state index in [0.29, 0.717) is 87.6 Å². The topological polar surface area (TPSA) is 258 Å². The number of benzene rings is 1. The Morgan fingerprint density at radius 2 is 0.972 bits per heavy atom. The molecule has 8 aliphatic rings. The van der Waals surface area contributed by atoms with Crippen LogP contribution >= 0.6 is 0 Å². The van der Waals surface area contributed by atoms with Crippen LogP contribution in [0.3, 0.4) is 0 Å². The number of likely N-dealkylation sites (tertiary alicyclic amines) is 4. The Labute approximate surface area is 863 Å². The zero-order valence-electron chi connectivity index (χ0n) is 94.2. The first kappa shape index (κ1) is 130. The fourth-order valence-electron chi connectivity index (χ4n) is 25.9. The van der Waals surface area contributed by atoms with E-state index in [1.165, 1.54) is 90.5 Å². The number of aromatic nitrogens is 3. The first-order valence-corrected chi connectivity index (χ1v) is 53.0. The number of aliphatic hydroxyl groups excluding tert-OH is 1. The second-order valence-corrected chi connectivity index (χ2v) is 52.5. The van der Waals surface area contributed by atoms with Crippen LogP contribution < -0.4 is 25.6 Å². The molecule has 7 aliphatic heterocycles. The van der Waals surface area contributed by atoms with Crippen LogP contribution in [0.1, 0.15) is 455 Å². The van der Waals surface area contributed by atoms with Gasteiger partial charge in [-0.05, 0) is 341 Å². The largest absolute Gasteiger partial charge is 0.497 e. The molecule has 1 amide bonds. The Morgan fingerprint density at radius 1 is 0.553 bits per heavy atom. The number of carbonyl (C=O) groups is 5. The molecule has 7 saturated heterocycles. The number of likely N-dealkylation sites (N-methyl/N-ethyl adjacent to an activating group) is 1. The monoisotopic (exact) mass is 1980 g/mol. The standard InChI is InChI=1S/C37H72N8.C31H48N2O5.C27H50N2O3.C17H31NO4.4CH4/c1-27-38-30(41-37(13,14)26-32(2,3)4)40-31(39-27)45(29-24-35(9,10)43-36(11,12)25-29)21-19-17-16-18-20-44(15)28-22-33(5,6)42-34(7,8)23-28;1-28(2)17-23(18-29(3,4)32(28)9)37-26(34)25(16-21-12-14-22(36-11)15-13-21)27(35)38-24-19-30(5,6)33(10)31(7,8)20-24;1-7-22(30)19-29-24(2,3)20-26(21-25(29,4)5)23(31)28(6)27(32-26)17-15-13-11-9-8-10-12-14-16-18-27;1-13(19)7-8-15(20)22-10-9-18-16(2,3)11-14(21-6)12-17(18,4)5;;;;/h28-29,42-43H,16-26H2,1-15H3,(H,38,39,40,41);12-16,23-24H,17-20H2,1-11H3;22,30H,7-21H2,1-6H3;14H,7-12H2,1-6H3;4*1H4. The third-order valence-electron chi connectivity index (χ3n) is 31.5. The van der Waals surface area contributed by atoms with E-state index in [-0.39, 0.29) is 168 Å². The van der Waals surface area contributed by atoms with Gasteiger partial charge in [0, 0.05) is 163 Å². The molecule has 0 radical (unpaired) electrons. The number of β-amino-alcohol motifs (C(OH)–C–C–N with tert-alkyl or cyclic N) is 1. The molecule has 1 atom stereocenters. The van der Waals surface area contributed by atoms with Crippen molar-refractivity contribution in [2.75, 3.05) is 85.4 Å². The van der Waals surface area contributed by atoms with Crippen LogP contribution in [0.4, 0.5) is 11.9 Å². The third kappa shape index (κ3) is 37.9. The van der Waals surface area contributed by atoms with Gasteiger partial charge in [0.15, 0.2) is 5.60 Å². The molecular formula is C116H217N13O12. The number of nitrogens with one attached hydrogen (secondary N) is 3. The van der Waals surface area contributed by atoms with Crippen molar-refractivity contribution in [2.45, 2.75) is 570 Å². The Balaban J connectivity index is 0.000000491. The smallest absolute Gasteiger partial charge is 0.345 e. The highest BCUT2D eigenvalue weighted by molar-refractivity contribution is 6.17. The maximum Gasteiger partial charge on any atom is 0.345 e. The summed E-state index contributed by atoms with van der Waals surface area (Å²) in [4.78, 5) is 95.0. The Hall–Kier alpha value is -5.48. The van der Waals surface area contributed by atoms with E-state index < -0.39 is 23.3 Å².